The van der Waals surface area contributed by atoms with E-state index in [4.69, 9.17) is 23.7 Å². The summed E-state index contributed by atoms with van der Waals surface area (Å²) in [6.07, 6.45) is 2.95. The van der Waals surface area contributed by atoms with Gasteiger partial charge in [0.25, 0.3) is 0 Å². The molecule has 0 bridgehead atoms. The average molecular weight is 404 g/mol. The highest BCUT2D eigenvalue weighted by atomic mass is 16.6. The summed E-state index contributed by atoms with van der Waals surface area (Å²) in [4.78, 5) is 24.7. The molecule has 0 saturated heterocycles. The fraction of sp³-hybridized carbons (Fsp3) is 0.545. The molecule has 1 aromatic carbocycles. The van der Waals surface area contributed by atoms with Crippen molar-refractivity contribution in [2.24, 2.45) is 5.92 Å². The van der Waals surface area contributed by atoms with E-state index in [0.717, 1.165) is 6.42 Å². The molecule has 1 aromatic rings. The van der Waals surface area contributed by atoms with Gasteiger partial charge in [-0.2, -0.15) is 0 Å². The van der Waals surface area contributed by atoms with Crippen molar-refractivity contribution in [3.63, 3.8) is 0 Å². The van der Waals surface area contributed by atoms with E-state index in [0.29, 0.717) is 37.4 Å². The van der Waals surface area contributed by atoms with Crippen molar-refractivity contribution in [3.8, 4) is 11.5 Å². The van der Waals surface area contributed by atoms with E-state index < -0.39 is 6.10 Å². The first-order valence-corrected chi connectivity index (χ1v) is 10.1. The molecule has 29 heavy (non-hydrogen) atoms. The van der Waals surface area contributed by atoms with E-state index >= 15 is 0 Å². The summed E-state index contributed by atoms with van der Waals surface area (Å²) in [5.41, 5.74) is 0. The first kappa shape index (κ1) is 21.2. The third-order valence-electron chi connectivity index (χ3n) is 5.14. The Labute approximate surface area is 170 Å². The lowest BCUT2D eigenvalue weighted by Crippen LogP contribution is -2.43. The SMILES string of the molecule is CCCOC(=O)C(C)OC1CCC2C(=O)C(Oc3ccc(OC)cc3)=COC2C1. The molecule has 3 rings (SSSR count). The van der Waals surface area contributed by atoms with Crippen molar-refractivity contribution in [2.45, 2.75) is 57.8 Å². The quantitative estimate of drug-likeness (QED) is 0.614. The van der Waals surface area contributed by atoms with Gasteiger partial charge in [-0.1, -0.05) is 6.92 Å². The van der Waals surface area contributed by atoms with Gasteiger partial charge in [-0.25, -0.2) is 4.79 Å². The number of esters is 1. The van der Waals surface area contributed by atoms with E-state index in [-0.39, 0.29) is 35.6 Å². The van der Waals surface area contributed by atoms with E-state index in [1.807, 2.05) is 6.92 Å². The number of fused-ring (bicyclic) bond motifs is 1. The largest absolute Gasteiger partial charge is 0.497 e. The van der Waals surface area contributed by atoms with Crippen molar-refractivity contribution < 1.29 is 33.3 Å². The van der Waals surface area contributed by atoms with Crippen LogP contribution in [0.1, 0.15) is 39.5 Å². The Morgan fingerprint density at radius 2 is 1.93 bits per heavy atom. The van der Waals surface area contributed by atoms with Crippen molar-refractivity contribution in [1.29, 1.82) is 0 Å². The highest BCUT2D eigenvalue weighted by molar-refractivity contribution is 5.96. The molecule has 4 unspecified atom stereocenters. The van der Waals surface area contributed by atoms with Crippen molar-refractivity contribution in [2.75, 3.05) is 13.7 Å². The lowest BCUT2D eigenvalue weighted by molar-refractivity contribution is -0.164. The summed E-state index contributed by atoms with van der Waals surface area (Å²) < 4.78 is 27.6. The minimum atomic E-state index is -0.632. The second-order valence-electron chi connectivity index (χ2n) is 7.29. The van der Waals surface area contributed by atoms with Gasteiger partial charge in [-0.15, -0.1) is 0 Å². The summed E-state index contributed by atoms with van der Waals surface area (Å²) in [6.45, 7) is 4.02. The van der Waals surface area contributed by atoms with Gasteiger partial charge < -0.3 is 23.7 Å². The number of carbonyl (C=O) groups excluding carboxylic acids is 2. The molecule has 0 N–H and O–H groups in total. The van der Waals surface area contributed by atoms with E-state index in [1.54, 1.807) is 38.3 Å². The standard InChI is InChI=1S/C22H28O7/c1-4-11-26-22(24)14(2)28-17-9-10-18-19(12-17)27-13-20(21(18)23)29-16-7-5-15(25-3)6-8-16/h5-8,13-14,17-19H,4,9-12H2,1-3H3. The van der Waals surface area contributed by atoms with Crippen LogP contribution in [0.5, 0.6) is 11.5 Å². The Morgan fingerprint density at radius 3 is 2.62 bits per heavy atom. The Hall–Kier alpha value is -2.54. The van der Waals surface area contributed by atoms with E-state index in [1.165, 1.54) is 6.26 Å². The average Bonchev–Trinajstić information content (AvgIpc) is 2.74. The Kier molecular flexibility index (Phi) is 7.14. The number of benzene rings is 1. The third-order valence-corrected chi connectivity index (χ3v) is 5.14. The predicted molar refractivity (Wildman–Crippen MR) is 105 cm³/mol. The molecule has 0 radical (unpaired) electrons. The van der Waals surface area contributed by atoms with E-state index in [2.05, 4.69) is 0 Å². The van der Waals surface area contributed by atoms with Gasteiger partial charge in [0, 0.05) is 6.42 Å². The summed E-state index contributed by atoms with van der Waals surface area (Å²) in [7, 11) is 1.59. The molecule has 1 aliphatic heterocycles. The zero-order valence-electron chi connectivity index (χ0n) is 17.1. The number of methoxy groups -OCH3 is 1. The van der Waals surface area contributed by atoms with Crippen LogP contribution >= 0.6 is 0 Å². The minimum Gasteiger partial charge on any atom is -0.497 e. The summed E-state index contributed by atoms with van der Waals surface area (Å²) in [5.74, 6) is 0.769. The number of ether oxygens (including phenoxy) is 5. The molecule has 1 heterocycles. The summed E-state index contributed by atoms with van der Waals surface area (Å²) >= 11 is 0. The van der Waals surface area contributed by atoms with Crippen LogP contribution in [-0.4, -0.2) is 43.8 Å². The molecule has 7 nitrogen and oxygen atoms in total. The van der Waals surface area contributed by atoms with Gasteiger partial charge in [-0.05, 0) is 50.5 Å². The number of allylic oxidation sites excluding steroid dienone is 1. The lowest BCUT2D eigenvalue weighted by Gasteiger charge is -2.37. The normalized spacial score (nSPS) is 24.6. The molecule has 1 aliphatic carbocycles. The zero-order chi connectivity index (χ0) is 20.8. The maximum absolute atomic E-state index is 12.8. The molecule has 0 spiro atoms. The molecule has 0 aromatic heterocycles. The predicted octanol–water partition coefficient (Wildman–Crippen LogP) is 3.41. The highest BCUT2D eigenvalue weighted by Crippen LogP contribution is 2.35. The number of Topliss-reactive ketones (excluding diaryl/α,β-unsaturated/α-hetero) is 1. The van der Waals surface area contributed by atoms with Crippen LogP contribution in [0.4, 0.5) is 0 Å². The first-order chi connectivity index (χ1) is 14.0. The number of rotatable bonds is 8. The molecule has 1 fully saturated rings. The van der Waals surface area contributed by atoms with Crippen LogP contribution in [0, 0.1) is 5.92 Å². The second-order valence-corrected chi connectivity index (χ2v) is 7.29. The summed E-state index contributed by atoms with van der Waals surface area (Å²) in [6, 6.07) is 7.01. The number of ketones is 1. The molecule has 0 amide bonds. The van der Waals surface area contributed by atoms with Gasteiger partial charge in [-0.3, -0.25) is 4.79 Å². The maximum atomic E-state index is 12.8. The van der Waals surface area contributed by atoms with Crippen LogP contribution in [-0.2, 0) is 23.8 Å². The third kappa shape index (κ3) is 5.29. The molecule has 158 valence electrons. The monoisotopic (exact) mass is 404 g/mol. The molecule has 2 aliphatic rings. The smallest absolute Gasteiger partial charge is 0.334 e. The Morgan fingerprint density at radius 1 is 1.21 bits per heavy atom. The lowest BCUT2D eigenvalue weighted by atomic mass is 9.80. The summed E-state index contributed by atoms with van der Waals surface area (Å²) in [5, 5.41) is 0. The van der Waals surface area contributed by atoms with Crippen molar-refractivity contribution in [1.82, 2.24) is 0 Å². The highest BCUT2D eigenvalue weighted by Gasteiger charge is 2.42. The van der Waals surface area contributed by atoms with Crippen LogP contribution < -0.4 is 9.47 Å². The van der Waals surface area contributed by atoms with Gasteiger partial charge in [0.15, 0.2) is 6.10 Å². The van der Waals surface area contributed by atoms with Gasteiger partial charge >= 0.3 is 5.97 Å². The Bertz CT molecular complexity index is 740. The number of carbonyl (C=O) groups is 2. The van der Waals surface area contributed by atoms with Crippen molar-refractivity contribution in [3.05, 3.63) is 36.3 Å². The van der Waals surface area contributed by atoms with Gasteiger partial charge in [0.1, 0.15) is 23.9 Å². The fourth-order valence-corrected chi connectivity index (χ4v) is 3.57. The molecular formula is C22H28O7. The number of hydrogen-bond donors (Lipinski definition) is 0. The van der Waals surface area contributed by atoms with Crippen LogP contribution in [0.25, 0.3) is 0 Å². The first-order valence-electron chi connectivity index (χ1n) is 10.1. The maximum Gasteiger partial charge on any atom is 0.334 e. The fourth-order valence-electron chi connectivity index (χ4n) is 3.57. The molecule has 1 saturated carbocycles. The molecular weight excluding hydrogens is 376 g/mol. The van der Waals surface area contributed by atoms with Crippen LogP contribution in [0.2, 0.25) is 0 Å². The van der Waals surface area contributed by atoms with Crippen LogP contribution in [0.15, 0.2) is 36.3 Å². The van der Waals surface area contributed by atoms with Crippen LogP contribution in [0.3, 0.4) is 0 Å². The number of hydrogen-bond acceptors (Lipinski definition) is 7. The Balaban J connectivity index is 1.55. The molecule has 4 atom stereocenters. The minimum absolute atomic E-state index is 0.0640. The van der Waals surface area contributed by atoms with E-state index in [9.17, 15) is 9.59 Å². The van der Waals surface area contributed by atoms with Crippen molar-refractivity contribution >= 4 is 11.8 Å². The van der Waals surface area contributed by atoms with Gasteiger partial charge in [0.05, 0.1) is 25.7 Å². The zero-order valence-corrected chi connectivity index (χ0v) is 17.1. The molecule has 7 heteroatoms. The second kappa shape index (κ2) is 9.78. The topological polar surface area (TPSA) is 80.3 Å². The van der Waals surface area contributed by atoms with Gasteiger partial charge in [0.2, 0.25) is 11.5 Å².